The van der Waals surface area contributed by atoms with Gasteiger partial charge in [-0.1, -0.05) is 19.8 Å². The lowest BCUT2D eigenvalue weighted by molar-refractivity contribution is 0.0231. The average Bonchev–Trinajstić information content (AvgIpc) is 3.06. The molecular formula is C12H25NO2. The van der Waals surface area contributed by atoms with Crippen LogP contribution < -0.4 is 5.73 Å². The standard InChI is InChI=1S/C12H25NO2/c1-2-12(14,10-13)7-3-8-15-9-6-11-4-5-11/h11,14H,2-10,13H2,1H3. The highest BCUT2D eigenvalue weighted by Crippen LogP contribution is 2.32. The van der Waals surface area contributed by atoms with E-state index in [9.17, 15) is 5.11 Å². The van der Waals surface area contributed by atoms with Crippen LogP contribution in [-0.4, -0.2) is 30.5 Å². The minimum Gasteiger partial charge on any atom is -0.389 e. The first-order valence-corrected chi connectivity index (χ1v) is 6.20. The van der Waals surface area contributed by atoms with Crippen molar-refractivity contribution >= 4 is 0 Å². The van der Waals surface area contributed by atoms with Gasteiger partial charge in [0.15, 0.2) is 0 Å². The van der Waals surface area contributed by atoms with E-state index in [4.69, 9.17) is 10.5 Å². The maximum absolute atomic E-state index is 9.90. The summed E-state index contributed by atoms with van der Waals surface area (Å²) in [4.78, 5) is 0. The zero-order valence-electron chi connectivity index (χ0n) is 9.87. The number of rotatable bonds is 9. The van der Waals surface area contributed by atoms with Gasteiger partial charge in [0, 0.05) is 19.8 Å². The predicted octanol–water partition coefficient (Wildman–Crippen LogP) is 1.68. The van der Waals surface area contributed by atoms with Crippen LogP contribution in [0.2, 0.25) is 0 Å². The first kappa shape index (κ1) is 12.9. The largest absolute Gasteiger partial charge is 0.389 e. The van der Waals surface area contributed by atoms with E-state index in [0.717, 1.165) is 38.4 Å². The van der Waals surface area contributed by atoms with E-state index in [0.29, 0.717) is 6.54 Å². The zero-order chi connectivity index (χ0) is 11.1. The van der Waals surface area contributed by atoms with Crippen LogP contribution in [0.3, 0.4) is 0 Å². The van der Waals surface area contributed by atoms with Gasteiger partial charge in [0.2, 0.25) is 0 Å². The van der Waals surface area contributed by atoms with E-state index in [1.54, 1.807) is 0 Å². The van der Waals surface area contributed by atoms with Crippen molar-refractivity contribution in [3.05, 3.63) is 0 Å². The third-order valence-corrected chi connectivity index (χ3v) is 3.34. The molecule has 1 aliphatic rings. The van der Waals surface area contributed by atoms with Crippen molar-refractivity contribution in [1.82, 2.24) is 0 Å². The monoisotopic (exact) mass is 215 g/mol. The van der Waals surface area contributed by atoms with Crippen LogP contribution in [0.15, 0.2) is 0 Å². The lowest BCUT2D eigenvalue weighted by Gasteiger charge is -2.24. The van der Waals surface area contributed by atoms with Crippen LogP contribution in [0.5, 0.6) is 0 Å². The van der Waals surface area contributed by atoms with Crippen LogP contribution in [0.4, 0.5) is 0 Å². The molecule has 0 aromatic carbocycles. The topological polar surface area (TPSA) is 55.5 Å². The van der Waals surface area contributed by atoms with Gasteiger partial charge < -0.3 is 15.6 Å². The fourth-order valence-electron chi connectivity index (χ4n) is 1.69. The highest BCUT2D eigenvalue weighted by molar-refractivity contribution is 4.77. The SMILES string of the molecule is CCC(O)(CN)CCCOCCC1CC1. The lowest BCUT2D eigenvalue weighted by atomic mass is 9.95. The summed E-state index contributed by atoms with van der Waals surface area (Å²) in [6, 6.07) is 0. The number of ether oxygens (including phenoxy) is 1. The summed E-state index contributed by atoms with van der Waals surface area (Å²) in [5.74, 6) is 0.946. The zero-order valence-corrected chi connectivity index (χ0v) is 9.87. The summed E-state index contributed by atoms with van der Waals surface area (Å²) in [5.41, 5.74) is 4.85. The quantitative estimate of drug-likeness (QED) is 0.575. The first-order valence-electron chi connectivity index (χ1n) is 6.20. The number of nitrogens with two attached hydrogens (primary N) is 1. The molecule has 3 heteroatoms. The van der Waals surface area contributed by atoms with E-state index < -0.39 is 5.60 Å². The maximum atomic E-state index is 9.90. The Labute approximate surface area is 93.0 Å². The molecule has 0 bridgehead atoms. The second kappa shape index (κ2) is 6.46. The van der Waals surface area contributed by atoms with Crippen LogP contribution in [0.25, 0.3) is 0 Å². The number of hydrogen-bond acceptors (Lipinski definition) is 3. The van der Waals surface area contributed by atoms with Crippen molar-refractivity contribution in [3.8, 4) is 0 Å². The maximum Gasteiger partial charge on any atom is 0.0767 e. The summed E-state index contributed by atoms with van der Waals surface area (Å²) < 4.78 is 5.52. The highest BCUT2D eigenvalue weighted by atomic mass is 16.5. The van der Waals surface area contributed by atoms with Crippen molar-refractivity contribution in [2.45, 2.75) is 51.0 Å². The first-order chi connectivity index (χ1) is 7.20. The second-order valence-corrected chi connectivity index (χ2v) is 4.73. The Bertz CT molecular complexity index is 165. The molecule has 0 spiro atoms. The van der Waals surface area contributed by atoms with Crippen molar-refractivity contribution in [2.75, 3.05) is 19.8 Å². The molecule has 3 N–H and O–H groups in total. The van der Waals surface area contributed by atoms with Crippen LogP contribution >= 0.6 is 0 Å². The van der Waals surface area contributed by atoms with E-state index in [2.05, 4.69) is 0 Å². The van der Waals surface area contributed by atoms with Gasteiger partial charge in [-0.05, 0) is 31.6 Å². The van der Waals surface area contributed by atoms with Crippen molar-refractivity contribution < 1.29 is 9.84 Å². The Balaban J connectivity index is 1.90. The fourth-order valence-corrected chi connectivity index (χ4v) is 1.69. The van der Waals surface area contributed by atoms with E-state index in [1.807, 2.05) is 6.92 Å². The Morgan fingerprint density at radius 3 is 2.67 bits per heavy atom. The summed E-state index contributed by atoms with van der Waals surface area (Å²) in [7, 11) is 0. The molecule has 0 aromatic rings. The predicted molar refractivity (Wildman–Crippen MR) is 61.7 cm³/mol. The van der Waals surface area contributed by atoms with Gasteiger partial charge in [-0.15, -0.1) is 0 Å². The van der Waals surface area contributed by atoms with Crippen LogP contribution in [-0.2, 0) is 4.74 Å². The van der Waals surface area contributed by atoms with Crippen molar-refractivity contribution in [1.29, 1.82) is 0 Å². The van der Waals surface area contributed by atoms with Gasteiger partial charge in [0.25, 0.3) is 0 Å². The molecule has 0 radical (unpaired) electrons. The average molecular weight is 215 g/mol. The fraction of sp³-hybridized carbons (Fsp3) is 1.00. The van der Waals surface area contributed by atoms with Crippen molar-refractivity contribution in [2.24, 2.45) is 11.7 Å². The normalized spacial score (nSPS) is 20.2. The molecule has 3 nitrogen and oxygen atoms in total. The van der Waals surface area contributed by atoms with Gasteiger partial charge >= 0.3 is 0 Å². The van der Waals surface area contributed by atoms with Gasteiger partial charge in [-0.3, -0.25) is 0 Å². The van der Waals surface area contributed by atoms with Crippen LogP contribution in [0, 0.1) is 5.92 Å². The van der Waals surface area contributed by atoms with Gasteiger partial charge in [0.05, 0.1) is 5.60 Å². The molecule has 0 saturated heterocycles. The minimum atomic E-state index is -0.667. The Morgan fingerprint density at radius 2 is 2.13 bits per heavy atom. The highest BCUT2D eigenvalue weighted by Gasteiger charge is 2.22. The van der Waals surface area contributed by atoms with Crippen molar-refractivity contribution in [3.63, 3.8) is 0 Å². The molecule has 15 heavy (non-hydrogen) atoms. The van der Waals surface area contributed by atoms with E-state index >= 15 is 0 Å². The Morgan fingerprint density at radius 1 is 1.40 bits per heavy atom. The Kier molecular flexibility index (Phi) is 5.58. The smallest absolute Gasteiger partial charge is 0.0767 e. The number of hydrogen-bond donors (Lipinski definition) is 2. The third-order valence-electron chi connectivity index (χ3n) is 3.34. The third kappa shape index (κ3) is 5.50. The minimum absolute atomic E-state index is 0.353. The molecule has 0 aliphatic heterocycles. The molecule has 0 heterocycles. The molecule has 1 atom stereocenters. The summed E-state index contributed by atoms with van der Waals surface area (Å²) in [6.07, 6.45) is 6.40. The summed E-state index contributed by atoms with van der Waals surface area (Å²) in [6.45, 7) is 3.97. The van der Waals surface area contributed by atoms with E-state index in [1.165, 1.54) is 19.3 Å². The van der Waals surface area contributed by atoms with E-state index in [-0.39, 0.29) is 0 Å². The molecule has 1 saturated carbocycles. The molecule has 0 amide bonds. The molecular weight excluding hydrogens is 190 g/mol. The molecule has 1 rings (SSSR count). The molecule has 1 fully saturated rings. The summed E-state index contributed by atoms with van der Waals surface area (Å²) >= 11 is 0. The lowest BCUT2D eigenvalue weighted by Crippen LogP contribution is -2.37. The van der Waals surface area contributed by atoms with Gasteiger partial charge in [0.1, 0.15) is 0 Å². The van der Waals surface area contributed by atoms with Crippen LogP contribution in [0.1, 0.15) is 45.4 Å². The molecule has 1 aliphatic carbocycles. The Hall–Kier alpha value is -0.120. The second-order valence-electron chi connectivity index (χ2n) is 4.73. The molecule has 90 valence electrons. The number of aliphatic hydroxyl groups is 1. The molecule has 1 unspecified atom stereocenters. The van der Waals surface area contributed by atoms with Gasteiger partial charge in [-0.25, -0.2) is 0 Å². The summed E-state index contributed by atoms with van der Waals surface area (Å²) in [5, 5.41) is 9.90. The van der Waals surface area contributed by atoms with Gasteiger partial charge in [-0.2, -0.15) is 0 Å². The molecule has 0 aromatic heterocycles.